The Hall–Kier alpha value is -3.13. The maximum absolute atomic E-state index is 12.9. The van der Waals surface area contributed by atoms with Gasteiger partial charge in [-0.3, -0.25) is 9.89 Å². The lowest BCUT2D eigenvalue weighted by Gasteiger charge is -2.29. The summed E-state index contributed by atoms with van der Waals surface area (Å²) in [6.07, 6.45) is 4.01. The maximum Gasteiger partial charge on any atom is 0.266 e. The van der Waals surface area contributed by atoms with Crippen molar-refractivity contribution in [1.29, 1.82) is 0 Å². The number of nitrogens with zero attached hydrogens (tertiary/aromatic N) is 2. The van der Waals surface area contributed by atoms with Gasteiger partial charge in [0.15, 0.2) is 0 Å². The Morgan fingerprint density at radius 3 is 2.76 bits per heavy atom. The Bertz CT molecular complexity index is 1290. The molecule has 1 saturated heterocycles. The molecule has 0 bridgehead atoms. The SMILES string of the molecule is Cc1ccsc1C(=O)Nc1ccc(N2CCOCC2)cc1/C=C/c1n[nH]c2ccccc12.Cl. The number of benzene rings is 2. The van der Waals surface area contributed by atoms with E-state index < -0.39 is 0 Å². The van der Waals surface area contributed by atoms with E-state index in [1.807, 2.05) is 60.9 Å². The van der Waals surface area contributed by atoms with Crippen molar-refractivity contribution in [1.82, 2.24) is 10.2 Å². The van der Waals surface area contributed by atoms with Crippen molar-refractivity contribution in [2.45, 2.75) is 6.92 Å². The van der Waals surface area contributed by atoms with Crippen molar-refractivity contribution in [3.63, 3.8) is 0 Å². The highest BCUT2D eigenvalue weighted by Crippen LogP contribution is 2.28. The minimum absolute atomic E-state index is 0. The van der Waals surface area contributed by atoms with Crippen LogP contribution in [0.3, 0.4) is 0 Å². The van der Waals surface area contributed by atoms with E-state index in [4.69, 9.17) is 4.74 Å². The zero-order valence-electron chi connectivity index (χ0n) is 18.2. The number of aryl methyl sites for hydroxylation is 1. The molecule has 5 rings (SSSR count). The number of fused-ring (bicyclic) bond motifs is 1. The first-order chi connectivity index (χ1) is 15.7. The number of thiophene rings is 1. The van der Waals surface area contributed by atoms with Gasteiger partial charge in [0.2, 0.25) is 0 Å². The van der Waals surface area contributed by atoms with Gasteiger partial charge in [0.25, 0.3) is 5.91 Å². The van der Waals surface area contributed by atoms with Crippen molar-refractivity contribution in [2.24, 2.45) is 0 Å². The Labute approximate surface area is 202 Å². The van der Waals surface area contributed by atoms with Gasteiger partial charge in [-0.25, -0.2) is 0 Å². The average molecular weight is 481 g/mol. The van der Waals surface area contributed by atoms with Crippen molar-refractivity contribution in [2.75, 3.05) is 36.5 Å². The molecule has 4 aromatic rings. The summed E-state index contributed by atoms with van der Waals surface area (Å²) in [7, 11) is 0. The number of halogens is 1. The average Bonchev–Trinajstić information content (AvgIpc) is 3.45. The van der Waals surface area contributed by atoms with Gasteiger partial charge in [-0.15, -0.1) is 23.7 Å². The van der Waals surface area contributed by atoms with Crippen molar-refractivity contribution in [3.05, 3.63) is 75.6 Å². The van der Waals surface area contributed by atoms with E-state index in [2.05, 4.69) is 32.5 Å². The van der Waals surface area contributed by atoms with E-state index in [9.17, 15) is 4.79 Å². The first kappa shape index (κ1) is 23.0. The maximum atomic E-state index is 12.9. The van der Waals surface area contributed by atoms with E-state index in [1.165, 1.54) is 11.3 Å². The van der Waals surface area contributed by atoms with Crippen LogP contribution >= 0.6 is 23.7 Å². The number of anilines is 2. The highest BCUT2D eigenvalue weighted by Gasteiger charge is 2.16. The molecule has 8 heteroatoms. The third-order valence-corrected chi connectivity index (χ3v) is 6.66. The molecular formula is C25H25ClN4O2S. The molecule has 0 unspecified atom stereocenters. The van der Waals surface area contributed by atoms with Crippen LogP contribution in [0.25, 0.3) is 23.1 Å². The number of hydrogen-bond acceptors (Lipinski definition) is 5. The predicted molar refractivity (Wildman–Crippen MR) is 139 cm³/mol. The zero-order valence-corrected chi connectivity index (χ0v) is 19.8. The number of aromatic amines is 1. The molecule has 1 aliphatic heterocycles. The Kier molecular flexibility index (Phi) is 7.13. The number of para-hydroxylation sites is 1. The number of amides is 1. The second-order valence-electron chi connectivity index (χ2n) is 7.75. The van der Waals surface area contributed by atoms with E-state index in [1.54, 1.807) is 0 Å². The molecule has 3 heterocycles. The number of H-pyrrole nitrogens is 1. The van der Waals surface area contributed by atoms with E-state index in [0.717, 1.165) is 70.3 Å². The number of aromatic nitrogens is 2. The van der Waals surface area contributed by atoms with E-state index in [0.29, 0.717) is 0 Å². The molecule has 1 amide bonds. The number of morpholine rings is 1. The van der Waals surface area contributed by atoms with Crippen molar-refractivity contribution in [3.8, 4) is 0 Å². The number of rotatable bonds is 5. The second kappa shape index (κ2) is 10.2. The lowest BCUT2D eigenvalue weighted by molar-refractivity contribution is 0.103. The van der Waals surface area contributed by atoms with Gasteiger partial charge < -0.3 is 15.0 Å². The van der Waals surface area contributed by atoms with Crippen LogP contribution in [0.15, 0.2) is 53.9 Å². The summed E-state index contributed by atoms with van der Waals surface area (Å²) in [5.41, 5.74) is 5.67. The molecule has 6 nitrogen and oxygen atoms in total. The van der Waals surface area contributed by atoms with Gasteiger partial charge in [0.05, 0.1) is 29.3 Å². The number of nitrogens with one attached hydrogen (secondary N) is 2. The summed E-state index contributed by atoms with van der Waals surface area (Å²) in [6.45, 7) is 5.11. The van der Waals surface area contributed by atoms with Crippen LogP contribution in [0, 0.1) is 6.92 Å². The van der Waals surface area contributed by atoms with Crippen LogP contribution in [0.1, 0.15) is 26.5 Å². The Morgan fingerprint density at radius 2 is 1.97 bits per heavy atom. The van der Waals surface area contributed by atoms with Crippen molar-refractivity contribution < 1.29 is 9.53 Å². The third-order valence-electron chi connectivity index (χ3n) is 5.65. The number of hydrogen-bond donors (Lipinski definition) is 2. The lowest BCUT2D eigenvalue weighted by Crippen LogP contribution is -2.36. The normalized spacial score (nSPS) is 13.9. The van der Waals surface area contributed by atoms with Crippen LogP contribution in [-0.2, 0) is 4.74 Å². The summed E-state index contributed by atoms with van der Waals surface area (Å²) in [5.74, 6) is -0.0866. The van der Waals surface area contributed by atoms with Crippen LogP contribution in [0.4, 0.5) is 11.4 Å². The standard InChI is InChI=1S/C25H24N4O2S.ClH/c1-17-10-15-32-24(17)25(30)26-21-9-7-19(29-11-13-31-14-12-29)16-18(21)6-8-23-20-4-2-3-5-22(20)27-28-23;/h2-10,15-16H,11-14H2,1H3,(H,26,30)(H,27,28);1H/b8-6+;. The minimum Gasteiger partial charge on any atom is -0.378 e. The summed E-state index contributed by atoms with van der Waals surface area (Å²) in [5, 5.41) is 13.6. The molecular weight excluding hydrogens is 456 g/mol. The summed E-state index contributed by atoms with van der Waals surface area (Å²) in [6, 6.07) is 16.2. The minimum atomic E-state index is -0.0866. The van der Waals surface area contributed by atoms with Gasteiger partial charge in [0, 0.05) is 35.4 Å². The first-order valence-electron chi connectivity index (χ1n) is 10.6. The molecule has 0 aliphatic carbocycles. The Morgan fingerprint density at radius 1 is 1.15 bits per heavy atom. The fourth-order valence-corrected chi connectivity index (χ4v) is 4.71. The summed E-state index contributed by atoms with van der Waals surface area (Å²) in [4.78, 5) is 15.9. The predicted octanol–water partition coefficient (Wildman–Crippen LogP) is 5.61. The smallest absolute Gasteiger partial charge is 0.266 e. The second-order valence-corrected chi connectivity index (χ2v) is 8.66. The fraction of sp³-hybridized carbons (Fsp3) is 0.200. The van der Waals surface area contributed by atoms with Crippen LogP contribution in [-0.4, -0.2) is 42.4 Å². The van der Waals surface area contributed by atoms with E-state index in [-0.39, 0.29) is 18.3 Å². The topological polar surface area (TPSA) is 70.2 Å². The molecule has 0 radical (unpaired) electrons. The highest BCUT2D eigenvalue weighted by molar-refractivity contribution is 7.12. The molecule has 1 fully saturated rings. The van der Waals surface area contributed by atoms with Gasteiger partial charge >= 0.3 is 0 Å². The molecule has 33 heavy (non-hydrogen) atoms. The molecule has 2 aromatic carbocycles. The van der Waals surface area contributed by atoms with Crippen LogP contribution in [0.2, 0.25) is 0 Å². The number of ether oxygens (including phenoxy) is 1. The molecule has 1 aliphatic rings. The lowest BCUT2D eigenvalue weighted by atomic mass is 10.1. The third kappa shape index (κ3) is 4.95. The van der Waals surface area contributed by atoms with Gasteiger partial charge in [-0.1, -0.05) is 24.3 Å². The quantitative estimate of drug-likeness (QED) is 0.389. The number of carbonyl (C=O) groups is 1. The largest absolute Gasteiger partial charge is 0.378 e. The summed E-state index contributed by atoms with van der Waals surface area (Å²) < 4.78 is 5.49. The molecule has 0 atom stereocenters. The van der Waals surface area contributed by atoms with Crippen LogP contribution < -0.4 is 10.2 Å². The van der Waals surface area contributed by atoms with Crippen molar-refractivity contribution >= 4 is 64.1 Å². The summed E-state index contributed by atoms with van der Waals surface area (Å²) >= 11 is 1.46. The molecule has 2 N–H and O–H groups in total. The molecule has 170 valence electrons. The van der Waals surface area contributed by atoms with Gasteiger partial charge in [-0.05, 0) is 54.3 Å². The van der Waals surface area contributed by atoms with Gasteiger partial charge in [0.1, 0.15) is 0 Å². The van der Waals surface area contributed by atoms with Gasteiger partial charge in [-0.2, -0.15) is 5.10 Å². The highest BCUT2D eigenvalue weighted by atomic mass is 35.5. The van der Waals surface area contributed by atoms with E-state index >= 15 is 0 Å². The molecule has 0 spiro atoms. The first-order valence-corrected chi connectivity index (χ1v) is 11.5. The molecule has 2 aromatic heterocycles. The Balaban J connectivity index is 0.00000259. The molecule has 0 saturated carbocycles. The zero-order chi connectivity index (χ0) is 21.9. The fourth-order valence-electron chi connectivity index (χ4n) is 3.88. The van der Waals surface area contributed by atoms with Crippen LogP contribution in [0.5, 0.6) is 0 Å². The monoisotopic (exact) mass is 480 g/mol. The number of carbonyl (C=O) groups excluding carboxylic acids is 1.